The lowest BCUT2D eigenvalue weighted by molar-refractivity contribution is -0.118. The highest BCUT2D eigenvalue weighted by molar-refractivity contribution is 7.90. The number of carbonyl (C=O) groups is 2. The van der Waals surface area contributed by atoms with Crippen molar-refractivity contribution in [2.24, 2.45) is 0 Å². The summed E-state index contributed by atoms with van der Waals surface area (Å²) in [5.74, 6) is 0.196. The molecule has 0 atom stereocenters. The molecule has 6 nitrogen and oxygen atoms in total. The molecule has 2 rings (SSSR count). The van der Waals surface area contributed by atoms with Crippen LogP contribution in [0, 0.1) is 0 Å². The van der Waals surface area contributed by atoms with E-state index < -0.39 is 15.7 Å². The first-order valence-corrected chi connectivity index (χ1v) is 9.95. The van der Waals surface area contributed by atoms with Crippen molar-refractivity contribution in [2.75, 3.05) is 18.2 Å². The largest absolute Gasteiger partial charge is 0.484 e. The van der Waals surface area contributed by atoms with Crippen molar-refractivity contribution >= 4 is 27.2 Å². The summed E-state index contributed by atoms with van der Waals surface area (Å²) in [7, 11) is -3.44. The van der Waals surface area contributed by atoms with Crippen LogP contribution < -0.4 is 10.1 Å². The minimum atomic E-state index is -3.44. The highest BCUT2D eigenvalue weighted by Gasteiger charge is 2.14. The molecule has 0 aliphatic rings. The average Bonchev–Trinajstić information content (AvgIpc) is 2.58. The molecule has 0 fully saturated rings. The molecule has 0 aromatic heterocycles. The SMILES string of the molecule is CC(=O)CCc1ccc(OCC(=O)Nc2ccccc2S(C)(=O)=O)cc1. The Labute approximate surface area is 153 Å². The monoisotopic (exact) mass is 375 g/mol. The first-order chi connectivity index (χ1) is 12.3. The topological polar surface area (TPSA) is 89.5 Å². The normalized spacial score (nSPS) is 11.0. The Morgan fingerprint density at radius 1 is 1.04 bits per heavy atom. The van der Waals surface area contributed by atoms with E-state index in [1.54, 1.807) is 31.2 Å². The number of ketones is 1. The van der Waals surface area contributed by atoms with E-state index in [1.165, 1.54) is 12.1 Å². The lowest BCUT2D eigenvalue weighted by Gasteiger charge is -2.11. The molecule has 1 amide bonds. The second-order valence-electron chi connectivity index (χ2n) is 5.95. The van der Waals surface area contributed by atoms with E-state index in [0.29, 0.717) is 18.6 Å². The molecule has 2 aromatic rings. The number of hydrogen-bond donors (Lipinski definition) is 1. The molecular formula is C19H21NO5S. The molecule has 0 aliphatic heterocycles. The maximum atomic E-state index is 12.0. The summed E-state index contributed by atoms with van der Waals surface area (Å²) in [6, 6.07) is 13.3. The van der Waals surface area contributed by atoms with Crippen molar-refractivity contribution < 1.29 is 22.7 Å². The third-order valence-electron chi connectivity index (χ3n) is 3.62. The standard InChI is InChI=1S/C19H21NO5S/c1-14(21)7-8-15-9-11-16(12-10-15)25-13-19(22)20-17-5-3-4-6-18(17)26(2,23)24/h3-6,9-12H,7-8,13H2,1-2H3,(H,20,22). The smallest absolute Gasteiger partial charge is 0.262 e. The van der Waals surface area contributed by atoms with Crippen molar-refractivity contribution in [3.05, 3.63) is 54.1 Å². The zero-order chi connectivity index (χ0) is 19.2. The summed E-state index contributed by atoms with van der Waals surface area (Å²) < 4.78 is 28.9. The van der Waals surface area contributed by atoms with Crippen LogP contribution in [0.15, 0.2) is 53.4 Å². The summed E-state index contributed by atoms with van der Waals surface area (Å²) >= 11 is 0. The van der Waals surface area contributed by atoms with Crippen LogP contribution in [0.2, 0.25) is 0 Å². The fourth-order valence-corrected chi connectivity index (χ4v) is 3.15. The molecule has 0 saturated heterocycles. The first-order valence-electron chi connectivity index (χ1n) is 8.06. The average molecular weight is 375 g/mol. The number of Topliss-reactive ketones (excluding diaryl/α,β-unsaturated/α-hetero) is 1. The van der Waals surface area contributed by atoms with Gasteiger partial charge in [-0.2, -0.15) is 0 Å². The van der Waals surface area contributed by atoms with Gasteiger partial charge < -0.3 is 14.8 Å². The van der Waals surface area contributed by atoms with Crippen LogP contribution in [0.25, 0.3) is 0 Å². The Bertz CT molecular complexity index is 888. The Morgan fingerprint density at radius 2 is 1.69 bits per heavy atom. The minimum absolute atomic E-state index is 0.0585. The molecule has 0 bridgehead atoms. The van der Waals surface area contributed by atoms with Crippen molar-refractivity contribution in [1.82, 2.24) is 0 Å². The Morgan fingerprint density at radius 3 is 2.31 bits per heavy atom. The second kappa shape index (κ2) is 8.62. The first kappa shape index (κ1) is 19.7. The quantitative estimate of drug-likeness (QED) is 0.766. The number of benzene rings is 2. The fourth-order valence-electron chi connectivity index (χ4n) is 2.30. The van der Waals surface area contributed by atoms with E-state index in [1.807, 2.05) is 12.1 Å². The third-order valence-corrected chi connectivity index (χ3v) is 4.77. The minimum Gasteiger partial charge on any atom is -0.484 e. The van der Waals surface area contributed by atoms with Crippen molar-refractivity contribution in [3.8, 4) is 5.75 Å². The molecule has 138 valence electrons. The summed E-state index contributed by atoms with van der Waals surface area (Å²) in [6.07, 6.45) is 2.24. The third kappa shape index (κ3) is 6.00. The van der Waals surface area contributed by atoms with Gasteiger partial charge in [-0.3, -0.25) is 4.79 Å². The molecule has 0 saturated carbocycles. The number of rotatable bonds is 8. The highest BCUT2D eigenvalue weighted by Crippen LogP contribution is 2.20. The van der Waals surface area contributed by atoms with Gasteiger partial charge in [0.1, 0.15) is 11.5 Å². The van der Waals surface area contributed by atoms with Gasteiger partial charge in [0, 0.05) is 12.7 Å². The van der Waals surface area contributed by atoms with Gasteiger partial charge in [0.15, 0.2) is 16.4 Å². The van der Waals surface area contributed by atoms with Crippen LogP contribution in [0.3, 0.4) is 0 Å². The maximum absolute atomic E-state index is 12.0. The zero-order valence-electron chi connectivity index (χ0n) is 14.7. The Kier molecular flexibility index (Phi) is 6.52. The predicted octanol–water partition coefficient (Wildman–Crippen LogP) is 2.63. The fraction of sp³-hybridized carbons (Fsp3) is 0.263. The van der Waals surface area contributed by atoms with E-state index >= 15 is 0 Å². The van der Waals surface area contributed by atoms with Gasteiger partial charge in [-0.1, -0.05) is 24.3 Å². The van der Waals surface area contributed by atoms with Gasteiger partial charge in [0.2, 0.25) is 0 Å². The molecule has 7 heteroatoms. The number of nitrogens with one attached hydrogen (secondary N) is 1. The summed E-state index contributed by atoms with van der Waals surface area (Å²) in [5.41, 5.74) is 1.24. The molecule has 0 spiro atoms. The lowest BCUT2D eigenvalue weighted by atomic mass is 10.1. The molecular weight excluding hydrogens is 354 g/mol. The van der Waals surface area contributed by atoms with E-state index in [-0.39, 0.29) is 23.0 Å². The molecule has 0 radical (unpaired) electrons. The van der Waals surface area contributed by atoms with Gasteiger partial charge >= 0.3 is 0 Å². The molecule has 0 unspecified atom stereocenters. The van der Waals surface area contributed by atoms with Crippen LogP contribution in [-0.4, -0.2) is 33.0 Å². The molecule has 2 aromatic carbocycles. The Hall–Kier alpha value is -2.67. The number of amides is 1. The molecule has 1 N–H and O–H groups in total. The van der Waals surface area contributed by atoms with Crippen LogP contribution in [0.5, 0.6) is 5.75 Å². The van der Waals surface area contributed by atoms with Gasteiger partial charge in [-0.05, 0) is 43.2 Å². The second-order valence-corrected chi connectivity index (χ2v) is 7.94. The summed E-state index contributed by atoms with van der Waals surface area (Å²) in [4.78, 5) is 23.1. The summed E-state index contributed by atoms with van der Waals surface area (Å²) in [5, 5.41) is 2.55. The van der Waals surface area contributed by atoms with Gasteiger partial charge in [0.25, 0.3) is 5.91 Å². The maximum Gasteiger partial charge on any atom is 0.262 e. The Balaban J connectivity index is 1.92. The van der Waals surface area contributed by atoms with Crippen LogP contribution >= 0.6 is 0 Å². The van der Waals surface area contributed by atoms with Crippen LogP contribution in [0.4, 0.5) is 5.69 Å². The predicted molar refractivity (Wildman–Crippen MR) is 99.1 cm³/mol. The summed E-state index contributed by atoms with van der Waals surface area (Å²) in [6.45, 7) is 1.31. The van der Waals surface area contributed by atoms with Gasteiger partial charge in [0.05, 0.1) is 10.6 Å². The lowest BCUT2D eigenvalue weighted by Crippen LogP contribution is -2.21. The van der Waals surface area contributed by atoms with E-state index in [0.717, 1.165) is 11.8 Å². The molecule has 0 heterocycles. The van der Waals surface area contributed by atoms with Crippen LogP contribution in [-0.2, 0) is 25.8 Å². The van der Waals surface area contributed by atoms with Crippen molar-refractivity contribution in [3.63, 3.8) is 0 Å². The highest BCUT2D eigenvalue weighted by atomic mass is 32.2. The number of sulfone groups is 1. The van der Waals surface area contributed by atoms with Gasteiger partial charge in [-0.15, -0.1) is 0 Å². The number of aryl methyl sites for hydroxylation is 1. The number of anilines is 1. The number of carbonyl (C=O) groups excluding carboxylic acids is 2. The van der Waals surface area contributed by atoms with Crippen LogP contribution in [0.1, 0.15) is 18.9 Å². The number of ether oxygens (including phenoxy) is 1. The van der Waals surface area contributed by atoms with E-state index in [4.69, 9.17) is 4.74 Å². The van der Waals surface area contributed by atoms with Gasteiger partial charge in [-0.25, -0.2) is 8.42 Å². The van der Waals surface area contributed by atoms with E-state index in [9.17, 15) is 18.0 Å². The van der Waals surface area contributed by atoms with E-state index in [2.05, 4.69) is 5.32 Å². The van der Waals surface area contributed by atoms with Crippen molar-refractivity contribution in [1.29, 1.82) is 0 Å². The van der Waals surface area contributed by atoms with Crippen molar-refractivity contribution in [2.45, 2.75) is 24.7 Å². The molecule has 26 heavy (non-hydrogen) atoms. The number of para-hydroxylation sites is 1. The molecule has 0 aliphatic carbocycles. The zero-order valence-corrected chi connectivity index (χ0v) is 15.5. The number of hydrogen-bond acceptors (Lipinski definition) is 5.